The van der Waals surface area contributed by atoms with Gasteiger partial charge in [-0.3, -0.25) is 10.1 Å². The molecule has 1 heterocycles. The predicted molar refractivity (Wildman–Crippen MR) is 71.8 cm³/mol. The highest BCUT2D eigenvalue weighted by Crippen LogP contribution is 2.29. The Morgan fingerprint density at radius 3 is 3.05 bits per heavy atom. The Hall–Kier alpha value is -1.33. The third kappa shape index (κ3) is 4.08. The van der Waals surface area contributed by atoms with Gasteiger partial charge in [-0.1, -0.05) is 11.6 Å². The first kappa shape index (κ1) is 14.1. The summed E-state index contributed by atoms with van der Waals surface area (Å²) in [6, 6.07) is 4.20. The van der Waals surface area contributed by atoms with Crippen molar-refractivity contribution in [2.45, 2.75) is 31.8 Å². The lowest BCUT2D eigenvalue weighted by Gasteiger charge is -2.10. The number of halogens is 1. The molecule has 0 spiro atoms. The highest BCUT2D eigenvalue weighted by atomic mass is 35.5. The van der Waals surface area contributed by atoms with Gasteiger partial charge in [-0.15, -0.1) is 0 Å². The van der Waals surface area contributed by atoms with Crippen LogP contribution in [0.4, 0.5) is 5.69 Å². The molecule has 1 aliphatic heterocycles. The highest BCUT2D eigenvalue weighted by molar-refractivity contribution is 6.32. The normalized spacial score (nSPS) is 18.5. The lowest BCUT2D eigenvalue weighted by Crippen LogP contribution is -2.07. The molecule has 5 nitrogen and oxygen atoms in total. The molecule has 0 radical (unpaired) electrons. The summed E-state index contributed by atoms with van der Waals surface area (Å²) < 4.78 is 11.0. The first-order chi connectivity index (χ1) is 9.16. The van der Waals surface area contributed by atoms with Gasteiger partial charge in [-0.2, -0.15) is 0 Å². The zero-order chi connectivity index (χ0) is 13.7. The van der Waals surface area contributed by atoms with Crippen LogP contribution >= 0.6 is 11.6 Å². The highest BCUT2D eigenvalue weighted by Gasteiger charge is 2.15. The second kappa shape index (κ2) is 6.73. The van der Waals surface area contributed by atoms with E-state index in [0.29, 0.717) is 23.5 Å². The minimum Gasteiger partial charge on any atom is -0.492 e. The van der Waals surface area contributed by atoms with E-state index in [9.17, 15) is 10.1 Å². The van der Waals surface area contributed by atoms with Gasteiger partial charge in [0.05, 0.1) is 28.7 Å². The van der Waals surface area contributed by atoms with E-state index in [4.69, 9.17) is 21.1 Å². The fraction of sp³-hybridized carbons (Fsp3) is 0.538. The third-order valence-corrected chi connectivity index (χ3v) is 3.39. The number of ether oxygens (including phenoxy) is 2. The first-order valence-corrected chi connectivity index (χ1v) is 6.73. The molecule has 1 aromatic carbocycles. The summed E-state index contributed by atoms with van der Waals surface area (Å²) in [6.07, 6.45) is 4.37. The van der Waals surface area contributed by atoms with Crippen LogP contribution in [0.25, 0.3) is 0 Å². The van der Waals surface area contributed by atoms with Crippen LogP contribution in [0, 0.1) is 10.1 Å². The molecule has 1 saturated heterocycles. The molecular weight excluding hydrogens is 270 g/mol. The molecule has 19 heavy (non-hydrogen) atoms. The molecule has 1 atom stereocenters. The van der Waals surface area contributed by atoms with Gasteiger partial charge in [0.1, 0.15) is 5.75 Å². The van der Waals surface area contributed by atoms with Crippen LogP contribution in [0.3, 0.4) is 0 Å². The van der Waals surface area contributed by atoms with E-state index < -0.39 is 4.92 Å². The summed E-state index contributed by atoms with van der Waals surface area (Å²) >= 11 is 5.93. The molecule has 1 aromatic rings. The molecule has 0 amide bonds. The number of nitrogens with zero attached hydrogens (tertiary/aromatic N) is 1. The van der Waals surface area contributed by atoms with Crippen molar-refractivity contribution < 1.29 is 14.4 Å². The van der Waals surface area contributed by atoms with E-state index in [1.54, 1.807) is 0 Å². The van der Waals surface area contributed by atoms with Crippen molar-refractivity contribution in [2.75, 3.05) is 13.2 Å². The van der Waals surface area contributed by atoms with Crippen LogP contribution in [-0.4, -0.2) is 24.2 Å². The van der Waals surface area contributed by atoms with E-state index >= 15 is 0 Å². The minimum absolute atomic E-state index is 0.0153. The summed E-state index contributed by atoms with van der Waals surface area (Å²) in [5.41, 5.74) is -0.0153. The molecule has 0 N–H and O–H groups in total. The van der Waals surface area contributed by atoms with Crippen molar-refractivity contribution in [3.05, 3.63) is 33.3 Å². The Morgan fingerprint density at radius 2 is 2.37 bits per heavy atom. The SMILES string of the molecule is O=[N+]([O-])c1ccc(Cl)c(OCCCC2CCCO2)c1. The van der Waals surface area contributed by atoms with Crippen LogP contribution in [0.2, 0.25) is 5.02 Å². The quantitative estimate of drug-likeness (QED) is 0.455. The number of non-ortho nitro benzene ring substituents is 1. The smallest absolute Gasteiger partial charge is 0.273 e. The maximum atomic E-state index is 10.7. The second-order valence-corrected chi connectivity index (χ2v) is 4.90. The Balaban J connectivity index is 1.81. The Kier molecular flexibility index (Phi) is 4.99. The van der Waals surface area contributed by atoms with Gasteiger partial charge < -0.3 is 9.47 Å². The monoisotopic (exact) mass is 285 g/mol. The van der Waals surface area contributed by atoms with Crippen LogP contribution in [0.5, 0.6) is 5.75 Å². The molecule has 1 unspecified atom stereocenters. The van der Waals surface area contributed by atoms with Gasteiger partial charge in [0.25, 0.3) is 5.69 Å². The predicted octanol–water partition coefficient (Wildman–Crippen LogP) is 3.59. The summed E-state index contributed by atoms with van der Waals surface area (Å²) in [5.74, 6) is 0.364. The lowest BCUT2D eigenvalue weighted by molar-refractivity contribution is -0.384. The van der Waals surface area contributed by atoms with E-state index in [0.717, 1.165) is 32.3 Å². The van der Waals surface area contributed by atoms with Crippen LogP contribution in [0.1, 0.15) is 25.7 Å². The third-order valence-electron chi connectivity index (χ3n) is 3.08. The van der Waals surface area contributed by atoms with Crippen LogP contribution in [-0.2, 0) is 4.74 Å². The largest absolute Gasteiger partial charge is 0.492 e. The molecule has 2 rings (SSSR count). The van der Waals surface area contributed by atoms with Crippen LogP contribution in [0.15, 0.2) is 18.2 Å². The summed E-state index contributed by atoms with van der Waals surface area (Å²) in [6.45, 7) is 1.34. The van der Waals surface area contributed by atoms with Gasteiger partial charge in [-0.05, 0) is 31.7 Å². The molecule has 6 heteroatoms. The number of rotatable bonds is 6. The zero-order valence-corrected chi connectivity index (χ0v) is 11.3. The molecular formula is C13H16ClNO4. The Morgan fingerprint density at radius 1 is 1.53 bits per heavy atom. The number of hydrogen-bond donors (Lipinski definition) is 0. The van der Waals surface area contributed by atoms with E-state index in [1.165, 1.54) is 18.2 Å². The molecule has 1 fully saturated rings. The van der Waals surface area contributed by atoms with E-state index in [1.807, 2.05) is 0 Å². The molecule has 1 aliphatic rings. The Bertz CT molecular complexity index is 446. The topological polar surface area (TPSA) is 61.6 Å². The number of nitro groups is 1. The van der Waals surface area contributed by atoms with Crippen molar-refractivity contribution in [1.82, 2.24) is 0 Å². The average molecular weight is 286 g/mol. The summed E-state index contributed by atoms with van der Waals surface area (Å²) in [7, 11) is 0. The van der Waals surface area contributed by atoms with Crippen molar-refractivity contribution in [3.63, 3.8) is 0 Å². The average Bonchev–Trinajstić information content (AvgIpc) is 2.89. The lowest BCUT2D eigenvalue weighted by atomic mass is 10.1. The van der Waals surface area contributed by atoms with Crippen molar-refractivity contribution in [3.8, 4) is 5.75 Å². The standard InChI is InChI=1S/C13H16ClNO4/c14-12-6-5-10(15(16)17)9-13(12)19-8-2-4-11-3-1-7-18-11/h5-6,9,11H,1-4,7-8H2. The molecule has 104 valence electrons. The maximum Gasteiger partial charge on any atom is 0.273 e. The van der Waals surface area contributed by atoms with Crippen molar-refractivity contribution in [2.24, 2.45) is 0 Å². The van der Waals surface area contributed by atoms with E-state index in [-0.39, 0.29) is 5.69 Å². The molecule has 0 aromatic heterocycles. The summed E-state index contributed by atoms with van der Waals surface area (Å²) in [5, 5.41) is 11.1. The Labute approximate surface area is 116 Å². The molecule has 0 bridgehead atoms. The van der Waals surface area contributed by atoms with E-state index in [2.05, 4.69) is 0 Å². The molecule has 0 saturated carbocycles. The van der Waals surface area contributed by atoms with Crippen molar-refractivity contribution in [1.29, 1.82) is 0 Å². The van der Waals surface area contributed by atoms with Gasteiger partial charge in [-0.25, -0.2) is 0 Å². The van der Waals surface area contributed by atoms with Gasteiger partial charge in [0.2, 0.25) is 0 Å². The fourth-order valence-corrected chi connectivity index (χ4v) is 2.25. The number of nitro benzene ring substituents is 1. The number of hydrogen-bond acceptors (Lipinski definition) is 4. The van der Waals surface area contributed by atoms with Gasteiger partial charge in [0.15, 0.2) is 0 Å². The van der Waals surface area contributed by atoms with Gasteiger partial charge >= 0.3 is 0 Å². The van der Waals surface area contributed by atoms with Crippen LogP contribution < -0.4 is 4.74 Å². The summed E-state index contributed by atoms with van der Waals surface area (Å²) in [4.78, 5) is 10.2. The minimum atomic E-state index is -0.463. The van der Waals surface area contributed by atoms with Gasteiger partial charge in [0, 0.05) is 12.7 Å². The van der Waals surface area contributed by atoms with Crippen molar-refractivity contribution >= 4 is 17.3 Å². The first-order valence-electron chi connectivity index (χ1n) is 6.35. The number of benzene rings is 1. The fourth-order valence-electron chi connectivity index (χ4n) is 2.08. The second-order valence-electron chi connectivity index (χ2n) is 4.50. The zero-order valence-electron chi connectivity index (χ0n) is 10.5. The molecule has 0 aliphatic carbocycles. The maximum absolute atomic E-state index is 10.7.